The SMILES string of the molecule is CS(=O)(=O)c1ccc(Sc2cc(F)cc([N+](=O)[O-])c2)cc1. The fourth-order valence-corrected chi connectivity index (χ4v) is 3.13. The fraction of sp³-hybridized carbons (Fsp3) is 0.0769. The molecule has 2 aromatic rings. The normalized spacial score (nSPS) is 11.3. The monoisotopic (exact) mass is 327 g/mol. The molecule has 0 saturated carbocycles. The number of nitro groups is 1. The molecule has 0 radical (unpaired) electrons. The van der Waals surface area contributed by atoms with E-state index in [4.69, 9.17) is 0 Å². The Morgan fingerprint density at radius 3 is 2.24 bits per heavy atom. The molecule has 0 bridgehead atoms. The van der Waals surface area contributed by atoms with Crippen molar-refractivity contribution in [3.05, 3.63) is 58.4 Å². The lowest BCUT2D eigenvalue weighted by atomic mass is 10.3. The second-order valence-corrected chi connectivity index (χ2v) is 7.41. The van der Waals surface area contributed by atoms with Crippen molar-refractivity contribution in [1.82, 2.24) is 0 Å². The van der Waals surface area contributed by atoms with Crippen molar-refractivity contribution in [1.29, 1.82) is 0 Å². The van der Waals surface area contributed by atoms with Gasteiger partial charge in [-0.2, -0.15) is 0 Å². The maximum absolute atomic E-state index is 13.3. The van der Waals surface area contributed by atoms with Gasteiger partial charge in [0.15, 0.2) is 9.84 Å². The van der Waals surface area contributed by atoms with Gasteiger partial charge in [0.2, 0.25) is 0 Å². The molecule has 0 spiro atoms. The predicted octanol–water partition coefficient (Wildman–Crippen LogP) is 3.29. The molecule has 0 amide bonds. The lowest BCUT2D eigenvalue weighted by Crippen LogP contribution is -1.96. The van der Waals surface area contributed by atoms with Gasteiger partial charge in [0, 0.05) is 22.1 Å². The first kappa shape index (κ1) is 15.5. The van der Waals surface area contributed by atoms with E-state index in [1.54, 1.807) is 12.1 Å². The van der Waals surface area contributed by atoms with E-state index in [1.807, 2.05) is 0 Å². The van der Waals surface area contributed by atoms with Crippen LogP contribution in [0.25, 0.3) is 0 Å². The summed E-state index contributed by atoms with van der Waals surface area (Å²) in [5, 5.41) is 10.7. The van der Waals surface area contributed by atoms with Crippen molar-refractivity contribution in [2.75, 3.05) is 6.26 Å². The van der Waals surface area contributed by atoms with Crippen LogP contribution in [-0.4, -0.2) is 19.6 Å². The largest absolute Gasteiger partial charge is 0.273 e. The van der Waals surface area contributed by atoms with Gasteiger partial charge in [-0.1, -0.05) is 11.8 Å². The first-order chi connectivity index (χ1) is 9.75. The van der Waals surface area contributed by atoms with Crippen LogP contribution in [0.4, 0.5) is 10.1 Å². The molecule has 21 heavy (non-hydrogen) atoms. The van der Waals surface area contributed by atoms with Crippen LogP contribution in [0, 0.1) is 15.9 Å². The highest BCUT2D eigenvalue weighted by Gasteiger charge is 2.11. The average molecular weight is 327 g/mol. The Bertz CT molecular complexity index is 788. The molecule has 2 aromatic carbocycles. The standard InChI is InChI=1S/C13H10FNO4S2/c1-21(18,19)13-4-2-11(3-5-13)20-12-7-9(14)6-10(8-12)15(16)17/h2-8H,1H3. The second-order valence-electron chi connectivity index (χ2n) is 4.25. The number of hydrogen-bond acceptors (Lipinski definition) is 5. The van der Waals surface area contributed by atoms with E-state index in [9.17, 15) is 22.9 Å². The topological polar surface area (TPSA) is 77.3 Å². The Kier molecular flexibility index (Phi) is 4.29. The lowest BCUT2D eigenvalue weighted by Gasteiger charge is -2.04. The minimum atomic E-state index is -3.28. The van der Waals surface area contributed by atoms with Gasteiger partial charge in [-0.05, 0) is 30.3 Å². The van der Waals surface area contributed by atoms with E-state index >= 15 is 0 Å². The number of rotatable bonds is 4. The van der Waals surface area contributed by atoms with Gasteiger partial charge in [0.25, 0.3) is 5.69 Å². The van der Waals surface area contributed by atoms with Crippen molar-refractivity contribution in [3.63, 3.8) is 0 Å². The van der Waals surface area contributed by atoms with E-state index in [-0.39, 0.29) is 10.6 Å². The maximum Gasteiger partial charge on any atom is 0.273 e. The number of benzene rings is 2. The van der Waals surface area contributed by atoms with Crippen molar-refractivity contribution < 1.29 is 17.7 Å². The first-order valence-corrected chi connectivity index (χ1v) is 8.39. The molecule has 110 valence electrons. The van der Waals surface area contributed by atoms with Crippen LogP contribution in [0.3, 0.4) is 0 Å². The number of non-ortho nitro benzene ring substituents is 1. The van der Waals surface area contributed by atoms with Crippen LogP contribution in [0.1, 0.15) is 0 Å². The summed E-state index contributed by atoms with van der Waals surface area (Å²) in [6.07, 6.45) is 1.10. The van der Waals surface area contributed by atoms with Crippen LogP contribution in [-0.2, 0) is 9.84 Å². The highest BCUT2D eigenvalue weighted by atomic mass is 32.2. The predicted molar refractivity (Wildman–Crippen MR) is 76.7 cm³/mol. The van der Waals surface area contributed by atoms with E-state index < -0.39 is 20.6 Å². The number of hydrogen-bond donors (Lipinski definition) is 0. The van der Waals surface area contributed by atoms with Gasteiger partial charge in [0.1, 0.15) is 5.82 Å². The van der Waals surface area contributed by atoms with E-state index in [2.05, 4.69) is 0 Å². The molecular weight excluding hydrogens is 317 g/mol. The van der Waals surface area contributed by atoms with E-state index in [1.165, 1.54) is 24.3 Å². The second kappa shape index (κ2) is 5.82. The number of nitro benzene ring substituents is 1. The molecule has 2 rings (SSSR count). The maximum atomic E-state index is 13.3. The summed E-state index contributed by atoms with van der Waals surface area (Å²) in [7, 11) is -3.28. The van der Waals surface area contributed by atoms with Gasteiger partial charge < -0.3 is 0 Å². The summed E-state index contributed by atoms with van der Waals surface area (Å²) < 4.78 is 36.0. The number of halogens is 1. The smallest absolute Gasteiger partial charge is 0.258 e. The van der Waals surface area contributed by atoms with Gasteiger partial charge >= 0.3 is 0 Å². The van der Waals surface area contributed by atoms with Gasteiger partial charge in [-0.25, -0.2) is 12.8 Å². The molecule has 5 nitrogen and oxygen atoms in total. The molecule has 0 fully saturated rings. The van der Waals surface area contributed by atoms with E-state index in [0.29, 0.717) is 9.79 Å². The zero-order valence-electron chi connectivity index (χ0n) is 10.8. The quantitative estimate of drug-likeness (QED) is 0.636. The Morgan fingerprint density at radius 2 is 1.71 bits per heavy atom. The molecule has 0 unspecified atom stereocenters. The Hall–Kier alpha value is -1.93. The third kappa shape index (κ3) is 4.02. The van der Waals surface area contributed by atoms with Crippen molar-refractivity contribution >= 4 is 27.3 Å². The molecule has 0 atom stereocenters. The Balaban J connectivity index is 2.28. The van der Waals surface area contributed by atoms with Gasteiger partial charge in [-0.15, -0.1) is 0 Å². The molecule has 0 aliphatic heterocycles. The zero-order valence-corrected chi connectivity index (χ0v) is 12.4. The first-order valence-electron chi connectivity index (χ1n) is 5.69. The average Bonchev–Trinajstić information content (AvgIpc) is 2.37. The highest BCUT2D eigenvalue weighted by molar-refractivity contribution is 7.99. The molecule has 0 aliphatic carbocycles. The highest BCUT2D eigenvalue weighted by Crippen LogP contribution is 2.31. The minimum absolute atomic E-state index is 0.178. The molecular formula is C13H10FNO4S2. The molecule has 0 aromatic heterocycles. The van der Waals surface area contributed by atoms with Crippen molar-refractivity contribution in [2.45, 2.75) is 14.7 Å². The molecule has 0 saturated heterocycles. The Labute approximate surface area is 124 Å². The zero-order chi connectivity index (χ0) is 15.6. The Morgan fingerprint density at radius 1 is 1.10 bits per heavy atom. The summed E-state index contributed by atoms with van der Waals surface area (Å²) in [4.78, 5) is 11.2. The molecule has 0 heterocycles. The van der Waals surface area contributed by atoms with Crippen LogP contribution in [0.5, 0.6) is 0 Å². The summed E-state index contributed by atoms with van der Waals surface area (Å²) >= 11 is 1.11. The molecule has 0 aliphatic rings. The van der Waals surface area contributed by atoms with Crippen LogP contribution >= 0.6 is 11.8 Å². The third-order valence-electron chi connectivity index (χ3n) is 2.55. The summed E-state index contributed by atoms with van der Waals surface area (Å²) in [5.41, 5.74) is -0.328. The summed E-state index contributed by atoms with van der Waals surface area (Å²) in [6.45, 7) is 0. The third-order valence-corrected chi connectivity index (χ3v) is 4.66. The molecule has 8 heteroatoms. The fourth-order valence-electron chi connectivity index (χ4n) is 1.60. The number of sulfone groups is 1. The van der Waals surface area contributed by atoms with Crippen LogP contribution < -0.4 is 0 Å². The van der Waals surface area contributed by atoms with Crippen molar-refractivity contribution in [2.24, 2.45) is 0 Å². The van der Waals surface area contributed by atoms with Crippen LogP contribution in [0.15, 0.2) is 57.2 Å². The molecule has 0 N–H and O–H groups in total. The summed E-state index contributed by atoms with van der Waals surface area (Å²) in [5.74, 6) is -0.695. The van der Waals surface area contributed by atoms with Crippen LogP contribution in [0.2, 0.25) is 0 Å². The van der Waals surface area contributed by atoms with Gasteiger partial charge in [-0.3, -0.25) is 10.1 Å². The lowest BCUT2D eigenvalue weighted by molar-refractivity contribution is -0.385. The number of nitrogens with zero attached hydrogens (tertiary/aromatic N) is 1. The minimum Gasteiger partial charge on any atom is -0.258 e. The van der Waals surface area contributed by atoms with E-state index in [0.717, 1.165) is 24.1 Å². The van der Waals surface area contributed by atoms with Crippen molar-refractivity contribution in [3.8, 4) is 0 Å². The summed E-state index contributed by atoms with van der Waals surface area (Å²) in [6, 6.07) is 9.30. The van der Waals surface area contributed by atoms with Gasteiger partial charge in [0.05, 0.1) is 15.9 Å².